The Bertz CT molecular complexity index is 1070. The third-order valence-corrected chi connectivity index (χ3v) is 4.18. The molecule has 3 aromatic rings. The second-order valence-corrected chi connectivity index (χ2v) is 6.27. The first-order chi connectivity index (χ1) is 13.5. The molecule has 0 unspecified atom stereocenters. The lowest BCUT2D eigenvalue weighted by Gasteiger charge is -2.14. The van der Waals surface area contributed by atoms with Gasteiger partial charge in [0.05, 0.1) is 17.7 Å². The van der Waals surface area contributed by atoms with Crippen molar-refractivity contribution in [3.63, 3.8) is 0 Å². The summed E-state index contributed by atoms with van der Waals surface area (Å²) in [6.45, 7) is 4.46. The van der Waals surface area contributed by atoms with E-state index in [-0.39, 0.29) is 0 Å². The minimum atomic E-state index is -0.562. The van der Waals surface area contributed by atoms with Crippen LogP contribution in [0.4, 0.5) is 11.5 Å². The first-order valence-corrected chi connectivity index (χ1v) is 9.16. The highest BCUT2D eigenvalue weighted by atomic mass is 16.5. The van der Waals surface area contributed by atoms with E-state index >= 15 is 0 Å². The third-order valence-electron chi connectivity index (χ3n) is 4.18. The first-order valence-electron chi connectivity index (χ1n) is 9.16. The van der Waals surface area contributed by atoms with Crippen LogP contribution in [0.3, 0.4) is 0 Å². The highest BCUT2D eigenvalue weighted by Gasteiger charge is 2.16. The molecule has 1 amide bonds. The van der Waals surface area contributed by atoms with Crippen LogP contribution in [0.5, 0.6) is 5.75 Å². The summed E-state index contributed by atoms with van der Waals surface area (Å²) in [7, 11) is 0. The maximum absolute atomic E-state index is 12.0. The van der Waals surface area contributed by atoms with E-state index in [0.29, 0.717) is 46.9 Å². The molecule has 1 heterocycles. The number of carbonyl (C=O) groups is 1. The summed E-state index contributed by atoms with van der Waals surface area (Å²) < 4.78 is 5.71. The summed E-state index contributed by atoms with van der Waals surface area (Å²) in [5.41, 5.74) is 8.10. The lowest BCUT2D eigenvalue weighted by Crippen LogP contribution is -2.14. The standard InChI is InChI=1S/C22H22N4O2/c1-4-10-28-19-13-18-16(12-17(19)21(23)27)22(26-20(6-3)25-18)24-15-9-7-8-14(5-2)11-15/h2,7-9,11-13H,4,6,10H2,1,3H3,(H2,23,27)(H,24,25,26). The van der Waals surface area contributed by atoms with Crippen LogP contribution in [0.1, 0.15) is 42.0 Å². The molecule has 2 aromatic carbocycles. The minimum Gasteiger partial charge on any atom is -0.493 e. The smallest absolute Gasteiger partial charge is 0.252 e. The maximum Gasteiger partial charge on any atom is 0.252 e. The van der Waals surface area contributed by atoms with Crippen molar-refractivity contribution in [1.29, 1.82) is 0 Å². The molecule has 0 aliphatic carbocycles. The average molecular weight is 374 g/mol. The summed E-state index contributed by atoms with van der Waals surface area (Å²) in [6, 6.07) is 10.9. The number of nitrogens with one attached hydrogen (secondary N) is 1. The summed E-state index contributed by atoms with van der Waals surface area (Å²) in [5, 5.41) is 3.97. The maximum atomic E-state index is 12.0. The minimum absolute atomic E-state index is 0.300. The van der Waals surface area contributed by atoms with E-state index < -0.39 is 5.91 Å². The lowest BCUT2D eigenvalue weighted by atomic mass is 10.1. The summed E-state index contributed by atoms with van der Waals surface area (Å²) in [5.74, 6) is 3.75. The van der Waals surface area contributed by atoms with Crippen LogP contribution in [-0.2, 0) is 6.42 Å². The molecule has 0 aliphatic rings. The first kappa shape index (κ1) is 19.2. The molecule has 1 aromatic heterocycles. The van der Waals surface area contributed by atoms with Crippen LogP contribution in [0.2, 0.25) is 0 Å². The predicted molar refractivity (Wildman–Crippen MR) is 111 cm³/mol. The number of terminal acetylenes is 1. The van der Waals surface area contributed by atoms with Gasteiger partial charge >= 0.3 is 0 Å². The van der Waals surface area contributed by atoms with Gasteiger partial charge in [0, 0.05) is 29.1 Å². The topological polar surface area (TPSA) is 90.1 Å². The SMILES string of the molecule is C#Cc1cccc(Nc2nc(CC)nc3cc(OCCC)c(C(N)=O)cc23)c1. The Hall–Kier alpha value is -3.59. The molecule has 0 saturated carbocycles. The molecule has 0 spiro atoms. The number of aryl methyl sites for hydroxylation is 1. The molecule has 142 valence electrons. The molecule has 0 radical (unpaired) electrons. The molecule has 28 heavy (non-hydrogen) atoms. The largest absolute Gasteiger partial charge is 0.493 e. The molecule has 6 heteroatoms. The van der Waals surface area contributed by atoms with E-state index in [1.165, 1.54) is 0 Å². The van der Waals surface area contributed by atoms with Crippen molar-refractivity contribution in [3.8, 4) is 18.1 Å². The third kappa shape index (κ3) is 4.04. The monoisotopic (exact) mass is 374 g/mol. The Kier molecular flexibility index (Phi) is 5.75. The van der Waals surface area contributed by atoms with Gasteiger partial charge < -0.3 is 15.8 Å². The van der Waals surface area contributed by atoms with Crippen molar-refractivity contribution in [2.24, 2.45) is 5.73 Å². The number of amides is 1. The molecule has 0 fully saturated rings. The Morgan fingerprint density at radius 3 is 2.75 bits per heavy atom. The van der Waals surface area contributed by atoms with Gasteiger partial charge in [-0.25, -0.2) is 9.97 Å². The van der Waals surface area contributed by atoms with Gasteiger partial charge in [0.15, 0.2) is 0 Å². The van der Waals surface area contributed by atoms with Crippen molar-refractivity contribution < 1.29 is 9.53 Å². The Balaban J connectivity index is 2.16. The van der Waals surface area contributed by atoms with Crippen molar-refractivity contribution in [2.45, 2.75) is 26.7 Å². The number of hydrogen-bond donors (Lipinski definition) is 2. The number of aromatic nitrogens is 2. The van der Waals surface area contributed by atoms with Gasteiger partial charge in [-0.2, -0.15) is 0 Å². The van der Waals surface area contributed by atoms with Gasteiger partial charge in [-0.3, -0.25) is 4.79 Å². The zero-order valence-electron chi connectivity index (χ0n) is 16.0. The number of primary amides is 1. The van der Waals surface area contributed by atoms with Crippen LogP contribution in [0.15, 0.2) is 36.4 Å². The summed E-state index contributed by atoms with van der Waals surface area (Å²) >= 11 is 0. The number of nitrogens with zero attached hydrogens (tertiary/aromatic N) is 2. The van der Waals surface area contributed by atoms with Gasteiger partial charge in [0.2, 0.25) is 0 Å². The van der Waals surface area contributed by atoms with E-state index in [4.69, 9.17) is 16.9 Å². The van der Waals surface area contributed by atoms with Crippen LogP contribution in [-0.4, -0.2) is 22.5 Å². The Morgan fingerprint density at radius 2 is 2.07 bits per heavy atom. The van der Waals surface area contributed by atoms with Crippen molar-refractivity contribution in [1.82, 2.24) is 9.97 Å². The van der Waals surface area contributed by atoms with E-state index in [9.17, 15) is 4.79 Å². The van der Waals surface area contributed by atoms with Gasteiger partial charge in [-0.05, 0) is 30.7 Å². The molecular weight excluding hydrogens is 352 g/mol. The molecule has 3 N–H and O–H groups in total. The van der Waals surface area contributed by atoms with Crippen LogP contribution in [0.25, 0.3) is 10.9 Å². The van der Waals surface area contributed by atoms with E-state index in [0.717, 1.165) is 17.7 Å². The normalized spacial score (nSPS) is 10.5. The summed E-state index contributed by atoms with van der Waals surface area (Å²) in [4.78, 5) is 21.1. The number of fused-ring (bicyclic) bond motifs is 1. The highest BCUT2D eigenvalue weighted by molar-refractivity contribution is 6.02. The van der Waals surface area contributed by atoms with E-state index in [1.54, 1.807) is 12.1 Å². The van der Waals surface area contributed by atoms with Crippen molar-refractivity contribution in [2.75, 3.05) is 11.9 Å². The van der Waals surface area contributed by atoms with Gasteiger partial charge in [-0.1, -0.05) is 25.8 Å². The molecule has 6 nitrogen and oxygen atoms in total. The zero-order valence-corrected chi connectivity index (χ0v) is 16.0. The van der Waals surface area contributed by atoms with E-state index in [2.05, 4.69) is 21.2 Å². The number of benzene rings is 2. The quantitative estimate of drug-likeness (QED) is 0.614. The number of ether oxygens (including phenoxy) is 1. The fraction of sp³-hybridized carbons (Fsp3) is 0.227. The number of hydrogen-bond acceptors (Lipinski definition) is 5. The lowest BCUT2D eigenvalue weighted by molar-refractivity contribution is 0.0996. The Morgan fingerprint density at radius 1 is 1.25 bits per heavy atom. The van der Waals surface area contributed by atoms with Gasteiger partial charge in [-0.15, -0.1) is 6.42 Å². The Labute approximate surface area is 164 Å². The van der Waals surface area contributed by atoms with Crippen molar-refractivity contribution in [3.05, 3.63) is 53.3 Å². The molecular formula is C22H22N4O2. The number of nitrogens with two attached hydrogens (primary N) is 1. The van der Waals surface area contributed by atoms with Gasteiger partial charge in [0.25, 0.3) is 5.91 Å². The van der Waals surface area contributed by atoms with Crippen LogP contribution >= 0.6 is 0 Å². The molecule has 3 rings (SSSR count). The predicted octanol–water partition coefficient (Wildman–Crippen LogP) is 3.80. The highest BCUT2D eigenvalue weighted by Crippen LogP contribution is 2.31. The molecule has 0 aliphatic heterocycles. The molecule has 0 bridgehead atoms. The van der Waals surface area contributed by atoms with Crippen LogP contribution < -0.4 is 15.8 Å². The molecule has 0 saturated heterocycles. The second kappa shape index (κ2) is 8.40. The van der Waals surface area contributed by atoms with E-state index in [1.807, 2.05) is 38.1 Å². The zero-order chi connectivity index (χ0) is 20.1. The second-order valence-electron chi connectivity index (χ2n) is 6.27. The molecule has 0 atom stereocenters. The summed E-state index contributed by atoms with van der Waals surface area (Å²) in [6.07, 6.45) is 6.97. The van der Waals surface area contributed by atoms with Gasteiger partial charge in [0.1, 0.15) is 17.4 Å². The van der Waals surface area contributed by atoms with Crippen molar-refractivity contribution >= 4 is 28.3 Å². The average Bonchev–Trinajstić information content (AvgIpc) is 2.71. The van der Waals surface area contributed by atoms with Crippen LogP contribution in [0, 0.1) is 12.3 Å². The fourth-order valence-corrected chi connectivity index (χ4v) is 2.81. The fourth-order valence-electron chi connectivity index (χ4n) is 2.81. The number of rotatable bonds is 7. The number of carbonyl (C=O) groups excluding carboxylic acids is 1. The number of anilines is 2.